The first-order chi connectivity index (χ1) is 11.6. The van der Waals surface area contributed by atoms with E-state index in [4.69, 9.17) is 0 Å². The minimum absolute atomic E-state index is 0.0835. The van der Waals surface area contributed by atoms with Crippen LogP contribution in [0.1, 0.15) is 56.4 Å². The molecule has 0 bridgehead atoms. The number of piperidine rings is 1. The molecule has 0 unspecified atom stereocenters. The largest absolute Gasteiger partial charge is 0.326 e. The molecule has 0 atom stereocenters. The van der Waals surface area contributed by atoms with Crippen molar-refractivity contribution in [2.24, 2.45) is 0 Å². The number of nitrogens with one attached hydrogen (secondary N) is 1. The van der Waals surface area contributed by atoms with Crippen molar-refractivity contribution >= 4 is 5.91 Å². The molecule has 1 amide bonds. The molecular formula is C18H27N5O. The Morgan fingerprint density at radius 2 is 2.12 bits per heavy atom. The van der Waals surface area contributed by atoms with Crippen LogP contribution in [0.5, 0.6) is 0 Å². The molecule has 2 heterocycles. The Bertz CT molecular complexity index is 577. The summed E-state index contributed by atoms with van der Waals surface area (Å²) in [5.74, 6) is 0.622. The molecule has 130 valence electrons. The van der Waals surface area contributed by atoms with Crippen molar-refractivity contribution in [3.8, 4) is 6.07 Å². The van der Waals surface area contributed by atoms with Crippen molar-refractivity contribution < 1.29 is 4.79 Å². The molecule has 2 fully saturated rings. The number of H-pyrrole nitrogens is 1. The van der Waals surface area contributed by atoms with Gasteiger partial charge < -0.3 is 4.90 Å². The number of aromatic amines is 1. The lowest BCUT2D eigenvalue weighted by molar-refractivity contribution is -0.136. The number of rotatable bonds is 4. The number of hydrogen-bond donors (Lipinski definition) is 1. The number of nitrogens with zero attached hydrogens (tertiary/aromatic N) is 4. The van der Waals surface area contributed by atoms with Crippen molar-refractivity contribution in [3.63, 3.8) is 0 Å². The maximum atomic E-state index is 12.7. The predicted molar refractivity (Wildman–Crippen MR) is 91.2 cm³/mol. The van der Waals surface area contributed by atoms with Crippen molar-refractivity contribution in [2.45, 2.75) is 56.4 Å². The molecule has 24 heavy (non-hydrogen) atoms. The summed E-state index contributed by atoms with van der Waals surface area (Å²) in [6.07, 6.45) is 10.9. The maximum Gasteiger partial charge on any atom is 0.237 e. The Hall–Kier alpha value is -1.87. The number of nitriles is 1. The van der Waals surface area contributed by atoms with Gasteiger partial charge in [0, 0.05) is 13.2 Å². The van der Waals surface area contributed by atoms with Gasteiger partial charge in [0.25, 0.3) is 0 Å². The van der Waals surface area contributed by atoms with Crippen LogP contribution in [0.4, 0.5) is 0 Å². The van der Waals surface area contributed by atoms with Gasteiger partial charge in [-0.25, -0.2) is 0 Å². The van der Waals surface area contributed by atoms with Crippen LogP contribution in [0.3, 0.4) is 0 Å². The highest BCUT2D eigenvalue weighted by molar-refractivity contribution is 5.79. The van der Waals surface area contributed by atoms with Crippen LogP contribution in [0, 0.1) is 11.3 Å². The van der Waals surface area contributed by atoms with Gasteiger partial charge in [-0.1, -0.05) is 19.3 Å². The summed E-state index contributed by atoms with van der Waals surface area (Å²) in [5, 5.41) is 16.5. The van der Waals surface area contributed by atoms with Gasteiger partial charge >= 0.3 is 0 Å². The molecule has 3 rings (SSSR count). The molecule has 1 N–H and O–H groups in total. The van der Waals surface area contributed by atoms with Crippen LogP contribution in [0.2, 0.25) is 0 Å². The van der Waals surface area contributed by atoms with Gasteiger partial charge in [0.2, 0.25) is 5.91 Å². The van der Waals surface area contributed by atoms with E-state index in [1.54, 1.807) is 4.90 Å². The van der Waals surface area contributed by atoms with E-state index in [9.17, 15) is 10.1 Å². The van der Waals surface area contributed by atoms with E-state index in [0.29, 0.717) is 12.5 Å². The highest BCUT2D eigenvalue weighted by Crippen LogP contribution is 2.33. The topological polar surface area (TPSA) is 76.0 Å². The van der Waals surface area contributed by atoms with E-state index in [2.05, 4.69) is 21.2 Å². The zero-order chi connectivity index (χ0) is 17.0. The number of likely N-dealkylation sites (tertiary alicyclic amines) is 1. The summed E-state index contributed by atoms with van der Waals surface area (Å²) < 4.78 is 0. The lowest BCUT2D eigenvalue weighted by atomic mass is 9.81. The molecule has 0 aromatic carbocycles. The molecule has 2 aliphatic rings. The average Bonchev–Trinajstić information content (AvgIpc) is 3.17. The summed E-state index contributed by atoms with van der Waals surface area (Å²) in [6, 6.07) is 2.44. The first-order valence-electron chi connectivity index (χ1n) is 9.03. The number of amides is 1. The van der Waals surface area contributed by atoms with Crippen LogP contribution in [-0.2, 0) is 4.79 Å². The van der Waals surface area contributed by atoms with Crippen LogP contribution >= 0.6 is 0 Å². The summed E-state index contributed by atoms with van der Waals surface area (Å²) in [4.78, 5) is 16.7. The van der Waals surface area contributed by atoms with Gasteiger partial charge in [0.15, 0.2) is 0 Å². The van der Waals surface area contributed by atoms with E-state index >= 15 is 0 Å². The molecule has 1 aliphatic heterocycles. The third-order valence-corrected chi connectivity index (χ3v) is 5.84. The Balaban J connectivity index is 1.53. The zero-order valence-corrected chi connectivity index (χ0v) is 14.5. The maximum absolute atomic E-state index is 12.7. The smallest absolute Gasteiger partial charge is 0.237 e. The predicted octanol–water partition coefficient (Wildman–Crippen LogP) is 2.27. The van der Waals surface area contributed by atoms with E-state index in [1.165, 1.54) is 12.0 Å². The molecule has 1 saturated heterocycles. The Kier molecular flexibility index (Phi) is 5.20. The van der Waals surface area contributed by atoms with Crippen molar-refractivity contribution in [2.75, 3.05) is 26.7 Å². The Morgan fingerprint density at radius 1 is 1.42 bits per heavy atom. The number of hydrogen-bond acceptors (Lipinski definition) is 4. The standard InChI is InChI=1S/C18H27N5O/c1-22(18(14-19)7-3-2-4-8-18)17(24)13-23-9-5-15(6-10-23)16-11-20-21-12-16/h11-12,15H,2-10,13H2,1H3,(H,20,21). The minimum Gasteiger partial charge on any atom is -0.326 e. The Morgan fingerprint density at radius 3 is 2.71 bits per heavy atom. The second-order valence-corrected chi connectivity index (χ2v) is 7.24. The summed E-state index contributed by atoms with van der Waals surface area (Å²) in [7, 11) is 1.81. The highest BCUT2D eigenvalue weighted by Gasteiger charge is 2.39. The molecule has 0 spiro atoms. The molecule has 1 aromatic rings. The van der Waals surface area contributed by atoms with Crippen molar-refractivity contribution in [1.82, 2.24) is 20.0 Å². The molecule has 6 nitrogen and oxygen atoms in total. The normalized spacial score (nSPS) is 22.0. The summed E-state index contributed by atoms with van der Waals surface area (Å²) in [5.41, 5.74) is 0.688. The average molecular weight is 329 g/mol. The van der Waals surface area contributed by atoms with E-state index in [1.807, 2.05) is 19.4 Å². The number of aromatic nitrogens is 2. The number of likely N-dealkylation sites (N-methyl/N-ethyl adjacent to an activating group) is 1. The van der Waals surface area contributed by atoms with E-state index < -0.39 is 5.54 Å². The van der Waals surface area contributed by atoms with Gasteiger partial charge in [-0.2, -0.15) is 10.4 Å². The molecule has 1 aliphatic carbocycles. The SMILES string of the molecule is CN(C(=O)CN1CCC(c2cn[nH]c2)CC1)C1(C#N)CCCCC1. The third-order valence-electron chi connectivity index (χ3n) is 5.84. The van der Waals surface area contributed by atoms with E-state index in [0.717, 1.165) is 51.6 Å². The van der Waals surface area contributed by atoms with Gasteiger partial charge in [-0.05, 0) is 50.3 Å². The van der Waals surface area contributed by atoms with Gasteiger partial charge in [-0.3, -0.25) is 14.8 Å². The van der Waals surface area contributed by atoms with Crippen LogP contribution in [0.25, 0.3) is 0 Å². The minimum atomic E-state index is -0.579. The monoisotopic (exact) mass is 329 g/mol. The highest BCUT2D eigenvalue weighted by atomic mass is 16.2. The molecule has 1 saturated carbocycles. The number of carbonyl (C=O) groups excluding carboxylic acids is 1. The van der Waals surface area contributed by atoms with Crippen molar-refractivity contribution in [3.05, 3.63) is 18.0 Å². The van der Waals surface area contributed by atoms with Gasteiger partial charge in [0.1, 0.15) is 5.54 Å². The second-order valence-electron chi connectivity index (χ2n) is 7.24. The van der Waals surface area contributed by atoms with Gasteiger partial charge in [0.05, 0.1) is 18.8 Å². The van der Waals surface area contributed by atoms with Gasteiger partial charge in [-0.15, -0.1) is 0 Å². The van der Waals surface area contributed by atoms with E-state index in [-0.39, 0.29) is 5.91 Å². The molecule has 1 aromatic heterocycles. The second kappa shape index (κ2) is 7.35. The fraction of sp³-hybridized carbons (Fsp3) is 0.722. The zero-order valence-electron chi connectivity index (χ0n) is 14.5. The Labute approximate surface area is 143 Å². The van der Waals surface area contributed by atoms with Crippen LogP contribution in [0.15, 0.2) is 12.4 Å². The van der Waals surface area contributed by atoms with Crippen LogP contribution in [-0.4, -0.2) is 58.1 Å². The third kappa shape index (κ3) is 3.46. The first kappa shape index (κ1) is 17.0. The molecule has 0 radical (unpaired) electrons. The quantitative estimate of drug-likeness (QED) is 0.919. The number of carbonyl (C=O) groups is 1. The summed E-state index contributed by atoms with van der Waals surface area (Å²) >= 11 is 0. The molecular weight excluding hydrogens is 302 g/mol. The fourth-order valence-corrected chi connectivity index (χ4v) is 4.10. The summed E-state index contributed by atoms with van der Waals surface area (Å²) in [6.45, 7) is 2.28. The first-order valence-corrected chi connectivity index (χ1v) is 9.03. The van der Waals surface area contributed by atoms with Crippen LogP contribution < -0.4 is 0 Å². The lowest BCUT2D eigenvalue weighted by Crippen LogP contribution is -2.53. The van der Waals surface area contributed by atoms with Crippen molar-refractivity contribution in [1.29, 1.82) is 5.26 Å². The molecule has 6 heteroatoms. The fourth-order valence-electron chi connectivity index (χ4n) is 4.10. The lowest BCUT2D eigenvalue weighted by Gasteiger charge is -2.40.